The van der Waals surface area contributed by atoms with Crippen LogP contribution >= 0.6 is 0 Å². The third-order valence-electron chi connectivity index (χ3n) is 9.08. The smallest absolute Gasteiger partial charge is 0.287 e. The molecule has 0 radical (unpaired) electrons. The number of likely N-dealkylation sites (N-methyl/N-ethyl adjacent to an activating group) is 1. The number of nitrogens with one attached hydrogen (secondary N) is 4. The van der Waals surface area contributed by atoms with E-state index in [9.17, 15) is 28.8 Å². The van der Waals surface area contributed by atoms with Crippen molar-refractivity contribution in [2.45, 2.75) is 65.5 Å². The molecule has 0 aromatic carbocycles. The molecular formula is C30H41N7O6. The van der Waals surface area contributed by atoms with Gasteiger partial charge in [-0.3, -0.25) is 28.8 Å². The van der Waals surface area contributed by atoms with Gasteiger partial charge in [0, 0.05) is 32.8 Å². The zero-order valence-corrected chi connectivity index (χ0v) is 25.1. The van der Waals surface area contributed by atoms with Crippen LogP contribution in [0.25, 0.3) is 0 Å². The third-order valence-corrected chi connectivity index (χ3v) is 9.08. The summed E-state index contributed by atoms with van der Waals surface area (Å²) in [6.45, 7) is 6.89. The Morgan fingerprint density at radius 2 is 1.91 bits per heavy atom. The summed E-state index contributed by atoms with van der Waals surface area (Å²) in [4.78, 5) is 80.0. The van der Waals surface area contributed by atoms with Crippen molar-refractivity contribution in [1.29, 1.82) is 0 Å². The second-order valence-electron chi connectivity index (χ2n) is 12.1. The van der Waals surface area contributed by atoms with E-state index in [1.54, 1.807) is 14.0 Å². The van der Waals surface area contributed by atoms with Gasteiger partial charge in [-0.2, -0.15) is 0 Å². The molecule has 4 amide bonds. The Bertz CT molecular complexity index is 1440. The summed E-state index contributed by atoms with van der Waals surface area (Å²) in [5.41, 5.74) is -0.206. The SMILES string of the molecule is CCNC(=O)C(=O)CC[C@H](NC(=O)c1cncn1C)C(=O)Nc1cccn(CC(=O)NC[C@@H]2CC[C@H]3C[C@@H]2C3(C)C)c1=O. The second kappa shape index (κ2) is 13.3. The number of hydrogen-bond acceptors (Lipinski definition) is 7. The summed E-state index contributed by atoms with van der Waals surface area (Å²) in [6, 6.07) is 1.68. The molecular weight excluding hydrogens is 554 g/mol. The van der Waals surface area contributed by atoms with Crippen LogP contribution in [0.2, 0.25) is 0 Å². The number of fused-ring (bicyclic) bond motifs is 2. The van der Waals surface area contributed by atoms with Crippen LogP contribution in [0.15, 0.2) is 35.6 Å². The largest absolute Gasteiger partial charge is 0.354 e. The molecule has 4 atom stereocenters. The Hall–Kier alpha value is -4.29. The van der Waals surface area contributed by atoms with Gasteiger partial charge in [-0.1, -0.05) is 13.8 Å². The predicted octanol–water partition coefficient (Wildman–Crippen LogP) is 0.993. The summed E-state index contributed by atoms with van der Waals surface area (Å²) in [7, 11) is 1.61. The monoisotopic (exact) mass is 595 g/mol. The highest BCUT2D eigenvalue weighted by Crippen LogP contribution is 2.61. The van der Waals surface area contributed by atoms with Crippen LogP contribution in [0.1, 0.15) is 63.4 Å². The average molecular weight is 596 g/mol. The van der Waals surface area contributed by atoms with E-state index < -0.39 is 35.1 Å². The normalized spacial score (nSPS) is 20.7. The summed E-state index contributed by atoms with van der Waals surface area (Å²) in [5.74, 6) is -1.41. The first-order valence-electron chi connectivity index (χ1n) is 14.8. The Kier molecular flexibility index (Phi) is 9.82. The molecule has 2 aromatic rings. The fraction of sp³-hybridized carbons (Fsp3) is 0.567. The number of imidazole rings is 1. The zero-order valence-electron chi connectivity index (χ0n) is 25.1. The molecule has 2 bridgehead atoms. The van der Waals surface area contributed by atoms with E-state index in [4.69, 9.17) is 0 Å². The molecule has 0 saturated heterocycles. The molecule has 5 rings (SSSR count). The molecule has 43 heavy (non-hydrogen) atoms. The first-order chi connectivity index (χ1) is 20.4. The fourth-order valence-corrected chi connectivity index (χ4v) is 6.36. The van der Waals surface area contributed by atoms with Crippen LogP contribution in [0.5, 0.6) is 0 Å². The highest BCUT2D eigenvalue weighted by atomic mass is 16.2. The number of aromatic nitrogens is 3. The molecule has 232 valence electrons. The first kappa shape index (κ1) is 31.6. The minimum atomic E-state index is -1.25. The zero-order chi connectivity index (χ0) is 31.3. The van der Waals surface area contributed by atoms with E-state index in [0.29, 0.717) is 23.8 Å². The van der Waals surface area contributed by atoms with E-state index in [0.717, 1.165) is 12.3 Å². The molecule has 4 N–H and O–H groups in total. The first-order valence-corrected chi connectivity index (χ1v) is 14.8. The average Bonchev–Trinajstić information content (AvgIpc) is 3.41. The number of nitrogens with zero attached hydrogens (tertiary/aromatic N) is 3. The lowest BCUT2D eigenvalue weighted by atomic mass is 9.45. The molecule has 3 aliphatic carbocycles. The molecule has 13 nitrogen and oxygen atoms in total. The Morgan fingerprint density at radius 1 is 1.14 bits per heavy atom. The molecule has 3 fully saturated rings. The third kappa shape index (κ3) is 7.20. The maximum atomic E-state index is 13.3. The second-order valence-corrected chi connectivity index (χ2v) is 12.1. The van der Waals surface area contributed by atoms with Crippen molar-refractivity contribution < 1.29 is 24.0 Å². The number of anilines is 1. The number of hydrogen-bond donors (Lipinski definition) is 4. The fourth-order valence-electron chi connectivity index (χ4n) is 6.36. The molecule has 2 aromatic heterocycles. The molecule has 3 aliphatic rings. The number of Topliss-reactive ketones (excluding diaryl/α,β-unsaturated/α-hetero) is 1. The van der Waals surface area contributed by atoms with Crippen LogP contribution in [-0.4, -0.2) is 62.7 Å². The standard InChI is InChI=1S/C30H41N7O6/c1-5-32-28(42)24(38)11-10-21(34-27(41)23-15-31-17-36(23)4)26(40)35-22-7-6-12-37(29(22)43)16-25(39)33-14-18-8-9-19-13-20(18)30(19,2)3/h6-7,12,15,17-21H,5,8-11,13-14,16H2,1-4H3,(H,32,42)(H,33,39)(H,34,41)(H,35,40)/t18-,19-,20-,21-/m0/s1. The summed E-state index contributed by atoms with van der Waals surface area (Å²) < 4.78 is 2.67. The van der Waals surface area contributed by atoms with Crippen molar-refractivity contribution in [3.63, 3.8) is 0 Å². The summed E-state index contributed by atoms with van der Waals surface area (Å²) in [5, 5.41) is 10.5. The number of carbonyl (C=O) groups is 5. The van der Waals surface area contributed by atoms with Crippen molar-refractivity contribution in [1.82, 2.24) is 30.1 Å². The van der Waals surface area contributed by atoms with Crippen LogP contribution in [0.4, 0.5) is 5.69 Å². The quantitative estimate of drug-likeness (QED) is 0.250. The van der Waals surface area contributed by atoms with Gasteiger partial charge < -0.3 is 30.4 Å². The molecule has 2 heterocycles. The van der Waals surface area contributed by atoms with Crippen molar-refractivity contribution >= 4 is 35.1 Å². The van der Waals surface area contributed by atoms with Crippen LogP contribution in [0, 0.1) is 23.2 Å². The van der Waals surface area contributed by atoms with Crippen molar-refractivity contribution in [3.8, 4) is 0 Å². The molecule has 0 aliphatic heterocycles. The van der Waals surface area contributed by atoms with Gasteiger partial charge in [0.1, 0.15) is 24.0 Å². The van der Waals surface area contributed by atoms with E-state index >= 15 is 0 Å². The van der Waals surface area contributed by atoms with Crippen LogP contribution < -0.4 is 26.8 Å². The number of amides is 4. The lowest BCUT2D eigenvalue weighted by Gasteiger charge is -2.60. The number of carbonyl (C=O) groups excluding carboxylic acids is 5. The highest BCUT2D eigenvalue weighted by Gasteiger charge is 2.53. The van der Waals surface area contributed by atoms with E-state index in [1.165, 1.54) is 52.8 Å². The molecule has 0 unspecified atom stereocenters. The van der Waals surface area contributed by atoms with Gasteiger partial charge in [-0.15, -0.1) is 0 Å². The maximum Gasteiger partial charge on any atom is 0.287 e. The minimum absolute atomic E-state index is 0.0929. The summed E-state index contributed by atoms with van der Waals surface area (Å²) >= 11 is 0. The Labute approximate surface area is 250 Å². The number of aryl methyl sites for hydroxylation is 1. The Balaban J connectivity index is 1.40. The number of rotatable bonds is 13. The molecule has 0 spiro atoms. The van der Waals surface area contributed by atoms with Crippen LogP contribution in [-0.2, 0) is 32.8 Å². The topological polar surface area (TPSA) is 173 Å². The van der Waals surface area contributed by atoms with Gasteiger partial charge in [0.25, 0.3) is 17.4 Å². The van der Waals surface area contributed by atoms with Gasteiger partial charge in [-0.05, 0) is 67.9 Å². The van der Waals surface area contributed by atoms with Crippen LogP contribution in [0.3, 0.4) is 0 Å². The minimum Gasteiger partial charge on any atom is -0.354 e. The lowest BCUT2D eigenvalue weighted by Crippen LogP contribution is -2.54. The number of ketones is 1. The van der Waals surface area contributed by atoms with Gasteiger partial charge in [-0.25, -0.2) is 4.98 Å². The van der Waals surface area contributed by atoms with Crippen molar-refractivity contribution in [3.05, 3.63) is 46.9 Å². The van der Waals surface area contributed by atoms with Crippen molar-refractivity contribution in [2.24, 2.45) is 30.2 Å². The molecule has 13 heteroatoms. The van der Waals surface area contributed by atoms with Gasteiger partial charge in [0.15, 0.2) is 0 Å². The van der Waals surface area contributed by atoms with Gasteiger partial charge >= 0.3 is 0 Å². The van der Waals surface area contributed by atoms with E-state index in [2.05, 4.69) is 40.1 Å². The maximum absolute atomic E-state index is 13.3. The van der Waals surface area contributed by atoms with E-state index in [-0.39, 0.29) is 43.2 Å². The highest BCUT2D eigenvalue weighted by molar-refractivity contribution is 6.36. The lowest BCUT2D eigenvalue weighted by molar-refractivity contribution is -0.138. The molecule has 3 saturated carbocycles. The van der Waals surface area contributed by atoms with Gasteiger partial charge in [0.2, 0.25) is 17.6 Å². The van der Waals surface area contributed by atoms with Crippen molar-refractivity contribution in [2.75, 3.05) is 18.4 Å². The Morgan fingerprint density at radius 3 is 2.56 bits per heavy atom. The predicted molar refractivity (Wildman–Crippen MR) is 158 cm³/mol. The number of pyridine rings is 1. The van der Waals surface area contributed by atoms with Gasteiger partial charge in [0.05, 0.1) is 12.5 Å². The van der Waals surface area contributed by atoms with E-state index in [1.807, 2.05) is 0 Å². The summed E-state index contributed by atoms with van der Waals surface area (Å²) in [6.07, 6.45) is 7.18.